The van der Waals surface area contributed by atoms with Gasteiger partial charge in [0.1, 0.15) is 5.82 Å². The number of hydrogen-bond acceptors (Lipinski definition) is 2. The van der Waals surface area contributed by atoms with Gasteiger partial charge >= 0.3 is 0 Å². The summed E-state index contributed by atoms with van der Waals surface area (Å²) in [6.07, 6.45) is 1.69. The van der Waals surface area contributed by atoms with E-state index in [1.807, 2.05) is 6.92 Å². The fraction of sp³-hybridized carbons (Fsp3) is 0.200. The molecule has 0 spiro atoms. The van der Waals surface area contributed by atoms with Crippen molar-refractivity contribution in [1.29, 1.82) is 0 Å². The first-order chi connectivity index (χ1) is 3.72. The largest absolute Gasteiger partial charge is 0.397 e. The highest BCUT2D eigenvalue weighted by atomic mass is 14.9. The minimum Gasteiger partial charge on any atom is -0.397 e. The fourth-order valence-electron chi connectivity index (χ4n) is 0.528. The van der Waals surface area contributed by atoms with Crippen LogP contribution in [0.2, 0.25) is 0 Å². The summed E-state index contributed by atoms with van der Waals surface area (Å²) < 4.78 is 0. The number of nitrogens with two attached hydrogens (primary N) is 2. The Kier molecular flexibility index (Phi) is 0.901. The highest BCUT2D eigenvalue weighted by molar-refractivity contribution is 5.57. The molecule has 0 saturated heterocycles. The zero-order chi connectivity index (χ0) is 6.15. The lowest BCUT2D eigenvalue weighted by Gasteiger charge is -1.87. The molecule has 1 heterocycles. The van der Waals surface area contributed by atoms with Crippen LogP contribution in [-0.2, 0) is 0 Å². The van der Waals surface area contributed by atoms with E-state index in [2.05, 4.69) is 4.98 Å². The highest BCUT2D eigenvalue weighted by Gasteiger charge is 1.96. The molecule has 0 aliphatic carbocycles. The van der Waals surface area contributed by atoms with E-state index in [-0.39, 0.29) is 0 Å². The molecule has 44 valence electrons. The minimum atomic E-state index is 0.655. The summed E-state index contributed by atoms with van der Waals surface area (Å²) in [5.41, 5.74) is 12.5. The summed E-state index contributed by atoms with van der Waals surface area (Å²) in [6.45, 7) is 1.88. The predicted octanol–water partition coefficient (Wildman–Crippen LogP) is 0.488. The number of nitrogens with one attached hydrogen (secondary N) is 1. The van der Waals surface area contributed by atoms with Gasteiger partial charge in [-0.05, 0) is 6.92 Å². The molecule has 8 heavy (non-hydrogen) atoms. The Hall–Kier alpha value is -1.12. The smallest absolute Gasteiger partial charge is 0.105 e. The second kappa shape index (κ2) is 1.43. The van der Waals surface area contributed by atoms with Crippen molar-refractivity contribution < 1.29 is 0 Å². The first-order valence-electron chi connectivity index (χ1n) is 2.40. The van der Waals surface area contributed by atoms with Gasteiger partial charge in [-0.25, -0.2) is 0 Å². The Morgan fingerprint density at radius 3 is 2.25 bits per heavy atom. The van der Waals surface area contributed by atoms with Gasteiger partial charge in [0.25, 0.3) is 0 Å². The SMILES string of the molecule is Cc1c(N)c[nH]c1N. The number of nitrogen functional groups attached to an aromatic ring is 2. The summed E-state index contributed by atoms with van der Waals surface area (Å²) in [4.78, 5) is 2.79. The van der Waals surface area contributed by atoms with Gasteiger partial charge in [0.2, 0.25) is 0 Å². The zero-order valence-corrected chi connectivity index (χ0v) is 4.73. The van der Waals surface area contributed by atoms with Gasteiger partial charge < -0.3 is 16.5 Å². The second-order valence-electron chi connectivity index (χ2n) is 1.78. The lowest BCUT2D eigenvalue weighted by atomic mass is 10.3. The van der Waals surface area contributed by atoms with Crippen molar-refractivity contribution in [3.63, 3.8) is 0 Å². The molecule has 0 saturated carbocycles. The van der Waals surface area contributed by atoms with E-state index >= 15 is 0 Å². The van der Waals surface area contributed by atoms with Crippen molar-refractivity contribution >= 4 is 11.5 Å². The maximum absolute atomic E-state index is 5.43. The Bertz CT molecular complexity index is 170. The number of anilines is 2. The fourth-order valence-corrected chi connectivity index (χ4v) is 0.528. The van der Waals surface area contributed by atoms with Crippen LogP contribution in [0.5, 0.6) is 0 Å². The molecule has 0 fully saturated rings. The van der Waals surface area contributed by atoms with E-state index in [9.17, 15) is 0 Å². The van der Waals surface area contributed by atoms with Crippen LogP contribution >= 0.6 is 0 Å². The van der Waals surface area contributed by atoms with Crippen LogP contribution in [0.25, 0.3) is 0 Å². The van der Waals surface area contributed by atoms with E-state index in [4.69, 9.17) is 11.5 Å². The molecule has 1 rings (SSSR count). The molecule has 1 aromatic rings. The first-order valence-corrected chi connectivity index (χ1v) is 2.40. The Labute approximate surface area is 47.7 Å². The summed E-state index contributed by atoms with van der Waals surface area (Å²) in [6, 6.07) is 0. The van der Waals surface area contributed by atoms with Crippen LogP contribution in [0.3, 0.4) is 0 Å². The van der Waals surface area contributed by atoms with E-state index in [1.54, 1.807) is 6.20 Å². The molecule has 0 bridgehead atoms. The molecular weight excluding hydrogens is 102 g/mol. The van der Waals surface area contributed by atoms with Crippen LogP contribution in [0.15, 0.2) is 6.20 Å². The quantitative estimate of drug-likeness (QED) is 0.456. The molecule has 3 heteroatoms. The number of rotatable bonds is 0. The molecule has 5 N–H and O–H groups in total. The second-order valence-corrected chi connectivity index (χ2v) is 1.78. The molecule has 0 aliphatic heterocycles. The maximum atomic E-state index is 5.43. The van der Waals surface area contributed by atoms with E-state index < -0.39 is 0 Å². The molecule has 3 nitrogen and oxygen atoms in total. The van der Waals surface area contributed by atoms with Crippen molar-refractivity contribution in [2.45, 2.75) is 6.92 Å². The van der Waals surface area contributed by atoms with Crippen molar-refractivity contribution in [3.05, 3.63) is 11.8 Å². The third-order valence-electron chi connectivity index (χ3n) is 1.22. The molecule has 0 radical (unpaired) electrons. The van der Waals surface area contributed by atoms with Gasteiger partial charge in [-0.3, -0.25) is 0 Å². The Morgan fingerprint density at radius 1 is 1.50 bits per heavy atom. The average Bonchev–Trinajstić information content (AvgIpc) is 1.98. The maximum Gasteiger partial charge on any atom is 0.105 e. The van der Waals surface area contributed by atoms with E-state index in [0.29, 0.717) is 5.82 Å². The minimum absolute atomic E-state index is 0.655. The molecule has 0 amide bonds. The summed E-state index contributed by atoms with van der Waals surface area (Å²) >= 11 is 0. The van der Waals surface area contributed by atoms with Crippen LogP contribution in [0, 0.1) is 6.92 Å². The molecule has 0 aliphatic rings. The van der Waals surface area contributed by atoms with E-state index in [0.717, 1.165) is 11.3 Å². The Balaban J connectivity index is 3.19. The number of aromatic amines is 1. The lowest BCUT2D eigenvalue weighted by Crippen LogP contribution is -1.87. The van der Waals surface area contributed by atoms with Crippen molar-refractivity contribution in [1.82, 2.24) is 4.98 Å². The number of aromatic nitrogens is 1. The van der Waals surface area contributed by atoms with Crippen molar-refractivity contribution in [2.75, 3.05) is 11.5 Å². The van der Waals surface area contributed by atoms with Gasteiger partial charge in [-0.1, -0.05) is 0 Å². The normalized spacial score (nSPS) is 9.62. The standard InChI is InChI=1S/C5H9N3/c1-3-4(6)2-8-5(3)7/h2,8H,6-7H2,1H3. The molecule has 0 unspecified atom stereocenters. The third-order valence-corrected chi connectivity index (χ3v) is 1.22. The first kappa shape index (κ1) is 5.03. The van der Waals surface area contributed by atoms with Crippen molar-refractivity contribution in [2.24, 2.45) is 0 Å². The van der Waals surface area contributed by atoms with Gasteiger partial charge in [-0.15, -0.1) is 0 Å². The van der Waals surface area contributed by atoms with E-state index in [1.165, 1.54) is 0 Å². The Morgan fingerprint density at radius 2 is 2.12 bits per heavy atom. The molecule has 1 aromatic heterocycles. The van der Waals surface area contributed by atoms with Gasteiger partial charge in [-0.2, -0.15) is 0 Å². The summed E-state index contributed by atoms with van der Waals surface area (Å²) in [7, 11) is 0. The van der Waals surface area contributed by atoms with Crippen LogP contribution in [0.4, 0.5) is 11.5 Å². The zero-order valence-electron chi connectivity index (χ0n) is 4.73. The van der Waals surface area contributed by atoms with Crippen LogP contribution < -0.4 is 11.5 Å². The van der Waals surface area contributed by atoms with Crippen molar-refractivity contribution in [3.8, 4) is 0 Å². The van der Waals surface area contributed by atoms with Gasteiger partial charge in [0.05, 0.1) is 5.69 Å². The summed E-state index contributed by atoms with van der Waals surface area (Å²) in [5, 5.41) is 0. The highest BCUT2D eigenvalue weighted by Crippen LogP contribution is 2.14. The van der Waals surface area contributed by atoms with Gasteiger partial charge in [0, 0.05) is 11.8 Å². The predicted molar refractivity (Wildman–Crippen MR) is 34.4 cm³/mol. The molecular formula is C5H9N3. The number of hydrogen-bond donors (Lipinski definition) is 3. The monoisotopic (exact) mass is 111 g/mol. The lowest BCUT2D eigenvalue weighted by molar-refractivity contribution is 1.39. The van der Waals surface area contributed by atoms with Gasteiger partial charge in [0.15, 0.2) is 0 Å². The van der Waals surface area contributed by atoms with Crippen LogP contribution in [-0.4, -0.2) is 4.98 Å². The number of H-pyrrole nitrogens is 1. The summed E-state index contributed by atoms with van der Waals surface area (Å²) in [5.74, 6) is 0.655. The topological polar surface area (TPSA) is 67.8 Å². The van der Waals surface area contributed by atoms with Crippen LogP contribution in [0.1, 0.15) is 5.56 Å². The molecule has 0 aromatic carbocycles. The molecule has 0 atom stereocenters. The average molecular weight is 111 g/mol. The third kappa shape index (κ3) is 0.521.